The van der Waals surface area contributed by atoms with Gasteiger partial charge in [0.05, 0.1) is 0 Å². The molecule has 0 nitrogen and oxygen atoms in total. The zero-order chi connectivity index (χ0) is 0. The van der Waals surface area contributed by atoms with Gasteiger partial charge in [0.25, 0.3) is 0 Å². The average molecular weight is 1340 g/mol. The molecular weight excluding hydrogens is 1260 g/mol. The second-order valence-electron chi connectivity index (χ2n) is 0. The monoisotopic (exact) mass is 1340 g/mol. The van der Waals surface area contributed by atoms with Gasteiger partial charge in [0.2, 0.25) is 0 Å². The zero-order valence-electron chi connectivity index (χ0n) is 110. The Morgan fingerprint density at radius 3 is 0.0545 bits per heavy atom. The van der Waals surface area contributed by atoms with Crippen molar-refractivity contribution in [1.29, 1.82) is 0 Å². The smallest absolute Gasteiger partial charge is 1.00 e. The maximum Gasteiger partial charge on any atom is 1.00 e. The van der Waals surface area contributed by atoms with E-state index >= 15 is 0 Å². The Kier molecular flexibility index (Phi) is 3300. The van der Waals surface area contributed by atoms with Crippen molar-refractivity contribution < 1.29 is 1720 Å². The molecule has 0 saturated carbocycles. The Morgan fingerprint density at radius 1 is 0.0545 bits per heavy atom. The van der Waals surface area contributed by atoms with Gasteiger partial charge in [0.15, 0.2) is 0 Å². The minimum atomic E-state index is 0. The third kappa shape index (κ3) is 413. The topological polar surface area (TPSA) is 0 Å². The molecule has 55 heteroatoms. The van der Waals surface area contributed by atoms with Crippen LogP contribution in [0.2, 0.25) is 0 Å². The van der Waals surface area contributed by atoms with Gasteiger partial charge >= 0.3 is 1630 Å². The van der Waals surface area contributed by atoms with Gasteiger partial charge in [-0.1, -0.05) is 0 Å². The Balaban J connectivity index is 0. The van der Waals surface area contributed by atoms with Crippen LogP contribution < -0.4 is 1630 Å². The van der Waals surface area contributed by atoms with E-state index in [1.165, 1.54) is 0 Å². The Bertz CT molecular complexity index is 119. The van der Waals surface area contributed by atoms with E-state index in [0.717, 1.165) is 0 Å². The molecule has 0 heterocycles. The summed E-state index contributed by atoms with van der Waals surface area (Å²) in [5.74, 6) is 0. The summed E-state index contributed by atoms with van der Waals surface area (Å²) in [6.45, 7) is 0. The van der Waals surface area contributed by atoms with Gasteiger partial charge < -0.3 is 78.5 Å². The summed E-state index contributed by atoms with van der Waals surface area (Å²) in [6, 6.07) is 0. The SMILES string of the molecule is [H-].[H-].[H-].[H-].[H-].[H-].[H-].[H-].[H-].[H-].[H-].[H-].[H-].[H-].[H-].[H-].[H-].[H-].[H-].[H-].[H-].[H-].[H-].[H-].[H-].[H-].[H-].[H-].[H-].[H-].[H-].[H-].[H-].[H-].[H-].[H-].[H-].[H-].[H-].[H-].[H-].[H-].[H-].[H-].[H-].[H-].[H-].[H-].[H-].[H-].[H-].[H-].[H-].[H-].[H-].[HH].[HH].[HH].[HH].[HH].[HH].[HH].[HH].[HH].[HH].[Na+].[Na+].[Na+].[Na+].[Na+].[Na+].[Na+].[Na+].[Na+].[Na+].[Na+].[Na+].[Na+].[Na+].[Na+].[Na+].[Na+].[Na+].[Na+].[Na+].[Na+].[Na+].[Na+].[Na+].[Na+].[Na+].[Na+].[Na+].[Na+].[Na+].[Na+].[Na+].[Na+].[Na+].[Na+].[Na+].[Na+].[Na+].[Na+].[Na+].[Na+].[Na+].[Na+].[Na+].[Na+].[Na+].[Na+].[Na+].[Na+].[Na+].[Na+].[Na+].[Na+].[Na+].[Na+]. The molecule has 0 N–H and O–H groups in total. The van der Waals surface area contributed by atoms with E-state index in [2.05, 4.69) is 0 Å². The van der Waals surface area contributed by atoms with E-state index < -0.39 is 0 Å². The van der Waals surface area contributed by atoms with Crippen molar-refractivity contribution in [1.82, 2.24) is 0 Å². The number of hydrogen-bond donors (Lipinski definition) is 0. The van der Waals surface area contributed by atoms with Gasteiger partial charge in [-0.3, -0.25) is 0 Å². The molecule has 0 aromatic rings. The van der Waals surface area contributed by atoms with E-state index in [1.807, 2.05) is 0 Å². The van der Waals surface area contributed by atoms with Crippen LogP contribution in [0.5, 0.6) is 0 Å². The normalized spacial score (nSPS) is 0. The van der Waals surface area contributed by atoms with Crippen molar-refractivity contribution in [2.75, 3.05) is 0 Å². The van der Waals surface area contributed by atoms with Crippen LogP contribution in [0, 0.1) is 0 Å². The molecule has 0 rings (SSSR count). The Hall–Kier alpha value is 55.0. The van der Waals surface area contributed by atoms with E-state index in [-0.39, 0.29) is 1720 Å². The van der Waals surface area contributed by atoms with Crippen LogP contribution in [0.3, 0.4) is 0 Å². The fourth-order valence-electron chi connectivity index (χ4n) is 0. The van der Waals surface area contributed by atoms with Crippen molar-refractivity contribution in [2.45, 2.75) is 0 Å². The first-order valence-electron chi connectivity index (χ1n) is 0. The molecule has 0 atom stereocenters. The van der Waals surface area contributed by atoms with E-state index in [0.29, 0.717) is 0 Å². The van der Waals surface area contributed by atoms with Gasteiger partial charge in [-0.2, -0.15) is 0 Å². The molecule has 0 bridgehead atoms. The van der Waals surface area contributed by atoms with Crippen LogP contribution in [0.15, 0.2) is 0 Å². The minimum Gasteiger partial charge on any atom is -1.00 e. The van der Waals surface area contributed by atoms with Crippen molar-refractivity contribution in [3.8, 4) is 0 Å². The fourth-order valence-corrected chi connectivity index (χ4v) is 0. The predicted octanol–water partition coefficient (Wildman–Crippen LogP) is -156. The molecule has 0 radical (unpaired) electrons. The largest absolute Gasteiger partial charge is 1.00 e. The summed E-state index contributed by atoms with van der Waals surface area (Å²) >= 11 is 0. The fraction of sp³-hybridized carbons (Fsp3) is 0. The van der Waals surface area contributed by atoms with E-state index in [4.69, 9.17) is 0 Å². The molecule has 0 spiro atoms. The Labute approximate surface area is 1660 Å². The van der Waals surface area contributed by atoms with Crippen LogP contribution in [0.25, 0.3) is 0 Å². The summed E-state index contributed by atoms with van der Waals surface area (Å²) < 4.78 is 0. The molecule has 0 unspecified atom stereocenters. The summed E-state index contributed by atoms with van der Waals surface area (Å²) in [5.41, 5.74) is 0. The third-order valence-electron chi connectivity index (χ3n) is 0. The maximum absolute atomic E-state index is 0. The summed E-state index contributed by atoms with van der Waals surface area (Å²) in [4.78, 5) is 0. The summed E-state index contributed by atoms with van der Waals surface area (Å²) in [5, 5.41) is 0. The molecule has 0 aliphatic rings. The van der Waals surface area contributed by atoms with Gasteiger partial charge in [-0.15, -0.1) is 0 Å². The first-order chi connectivity index (χ1) is 0. The predicted molar refractivity (Wildman–Crippen MR) is 82.3 cm³/mol. The quantitative estimate of drug-likeness (QED) is 0.212. The second-order valence-corrected chi connectivity index (χ2v) is 0. The first-order valence-corrected chi connectivity index (χ1v) is 0. The minimum absolute atomic E-state index is 0. The standard InChI is InChI=1S/55Na.10H2.55H/h;;;;;;;;;;;;;;;;;;;;;;;;;;;;;;;;;;;;;;;;;;;;;;;;;;;;;;;10*1H;;;;;;;;;;;;;;;;;;;;;;;;;;;;;;;;;;;;;;;;;;;;;;;;;;;;;;;/q55*+1;;;;;;;;;;;55*-1. The summed E-state index contributed by atoms with van der Waals surface area (Å²) in [7, 11) is 0. The van der Waals surface area contributed by atoms with E-state index in [1.54, 1.807) is 0 Å². The van der Waals surface area contributed by atoms with Crippen LogP contribution in [0.4, 0.5) is 0 Å². The molecule has 0 saturated heterocycles. The maximum atomic E-state index is 0. The van der Waals surface area contributed by atoms with Gasteiger partial charge in [0.1, 0.15) is 0 Å². The number of rotatable bonds is 0. The molecular formula is H75Na55. The van der Waals surface area contributed by atoms with Crippen molar-refractivity contribution in [3.63, 3.8) is 0 Å². The molecule has 130 valence electrons. The van der Waals surface area contributed by atoms with E-state index in [9.17, 15) is 0 Å². The van der Waals surface area contributed by atoms with Crippen molar-refractivity contribution >= 4 is 0 Å². The molecule has 55 heavy (non-hydrogen) atoms. The molecule has 0 aliphatic heterocycles. The molecule has 0 amide bonds. The molecule has 0 aromatic carbocycles. The first kappa shape index (κ1) is 432. The molecule has 0 fully saturated rings. The van der Waals surface area contributed by atoms with Gasteiger partial charge in [0, 0.05) is 14.3 Å². The number of hydrogen-bond acceptors (Lipinski definition) is 0. The molecule has 0 aliphatic carbocycles. The van der Waals surface area contributed by atoms with Crippen LogP contribution in [-0.2, 0) is 0 Å². The van der Waals surface area contributed by atoms with Crippen molar-refractivity contribution in [3.05, 3.63) is 0 Å². The van der Waals surface area contributed by atoms with Gasteiger partial charge in [-0.05, 0) is 0 Å². The zero-order valence-corrected chi connectivity index (χ0v) is 165. The van der Waals surface area contributed by atoms with Crippen LogP contribution in [-0.4, -0.2) is 0 Å². The Morgan fingerprint density at radius 2 is 0.0545 bits per heavy atom. The van der Waals surface area contributed by atoms with Crippen LogP contribution >= 0.6 is 0 Å². The van der Waals surface area contributed by atoms with Crippen LogP contribution in [0.1, 0.15) is 92.7 Å². The average Bonchev–Trinajstić information content (AvgIpc) is 0. The van der Waals surface area contributed by atoms with Crippen molar-refractivity contribution in [2.24, 2.45) is 0 Å². The van der Waals surface area contributed by atoms with Gasteiger partial charge in [-0.25, -0.2) is 0 Å². The summed E-state index contributed by atoms with van der Waals surface area (Å²) in [6.07, 6.45) is 0. The third-order valence-corrected chi connectivity index (χ3v) is 0. The second kappa shape index (κ2) is 420. The molecule has 0 aromatic heterocycles.